The molecule has 0 saturated carbocycles. The number of Topliss-reactive ketones (excluding diaryl/α,β-unsaturated/α-hetero) is 1. The third-order valence-electron chi connectivity index (χ3n) is 1.82. The lowest BCUT2D eigenvalue weighted by Gasteiger charge is -2.15. The summed E-state index contributed by atoms with van der Waals surface area (Å²) in [6.45, 7) is 2.66. The Hall–Kier alpha value is -0.580. The summed E-state index contributed by atoms with van der Waals surface area (Å²) >= 11 is 0. The van der Waals surface area contributed by atoms with Crippen LogP contribution in [0.4, 0.5) is 13.2 Å². The fourth-order valence-electron chi connectivity index (χ4n) is 0.801. The van der Waals surface area contributed by atoms with E-state index in [9.17, 15) is 18.0 Å². The highest BCUT2D eigenvalue weighted by Crippen LogP contribution is 2.22. The zero-order valence-electron chi connectivity index (χ0n) is 8.36. The van der Waals surface area contributed by atoms with E-state index in [2.05, 4.69) is 4.74 Å². The van der Waals surface area contributed by atoms with Crippen molar-refractivity contribution in [3.63, 3.8) is 0 Å². The molecule has 2 nitrogen and oxygen atoms in total. The van der Waals surface area contributed by atoms with E-state index in [0.29, 0.717) is 19.3 Å². The molecule has 0 spiro atoms. The maximum absolute atomic E-state index is 11.9. The Kier molecular flexibility index (Phi) is 5.76. The van der Waals surface area contributed by atoms with E-state index >= 15 is 0 Å². The number of rotatable bonds is 6. The topological polar surface area (TPSA) is 26.3 Å². The van der Waals surface area contributed by atoms with Gasteiger partial charge in [-0.05, 0) is 13.3 Å². The Balaban J connectivity index is 3.50. The van der Waals surface area contributed by atoms with Crippen LogP contribution >= 0.6 is 0 Å². The average molecular weight is 212 g/mol. The van der Waals surface area contributed by atoms with E-state index in [1.54, 1.807) is 6.92 Å². The van der Waals surface area contributed by atoms with Gasteiger partial charge < -0.3 is 4.74 Å². The Morgan fingerprint density at radius 2 is 2.00 bits per heavy atom. The lowest BCUT2D eigenvalue weighted by atomic mass is 10.2. The first-order valence-corrected chi connectivity index (χ1v) is 4.58. The molecule has 1 atom stereocenters. The van der Waals surface area contributed by atoms with Crippen molar-refractivity contribution in [1.29, 1.82) is 0 Å². The van der Waals surface area contributed by atoms with Gasteiger partial charge in [0.15, 0.2) is 6.10 Å². The average Bonchev–Trinajstić information content (AvgIpc) is 2.09. The van der Waals surface area contributed by atoms with E-state index in [4.69, 9.17) is 0 Å². The summed E-state index contributed by atoms with van der Waals surface area (Å²) in [6.07, 6.45) is -4.99. The molecule has 5 heteroatoms. The minimum Gasteiger partial charge on any atom is -0.369 e. The molecule has 0 saturated heterocycles. The predicted molar refractivity (Wildman–Crippen MR) is 46.0 cm³/mol. The molecule has 0 aromatic carbocycles. The van der Waals surface area contributed by atoms with Gasteiger partial charge >= 0.3 is 6.18 Å². The molecule has 0 aliphatic rings. The van der Waals surface area contributed by atoms with Gasteiger partial charge in [-0.3, -0.25) is 4.79 Å². The Morgan fingerprint density at radius 3 is 2.43 bits per heavy atom. The fourth-order valence-corrected chi connectivity index (χ4v) is 0.801. The van der Waals surface area contributed by atoms with E-state index < -0.39 is 12.3 Å². The smallest absolute Gasteiger partial charge is 0.369 e. The summed E-state index contributed by atoms with van der Waals surface area (Å²) in [6, 6.07) is 0. The Labute approximate surface area is 81.4 Å². The molecule has 0 aliphatic carbocycles. The molecule has 1 unspecified atom stereocenters. The zero-order valence-corrected chi connectivity index (χ0v) is 8.36. The van der Waals surface area contributed by atoms with Crippen LogP contribution in [0.1, 0.15) is 33.1 Å². The van der Waals surface area contributed by atoms with Crippen LogP contribution in [0.5, 0.6) is 0 Å². The van der Waals surface area contributed by atoms with Crippen LogP contribution in [0, 0.1) is 0 Å². The number of carbonyl (C=O) groups excluding carboxylic acids is 1. The van der Waals surface area contributed by atoms with Gasteiger partial charge in [0, 0.05) is 19.4 Å². The van der Waals surface area contributed by atoms with Gasteiger partial charge in [-0.1, -0.05) is 6.92 Å². The van der Waals surface area contributed by atoms with E-state index in [1.807, 2.05) is 0 Å². The number of hydrogen-bond acceptors (Lipinski definition) is 2. The molecular formula is C9H15F3O2. The van der Waals surface area contributed by atoms with E-state index in [0.717, 1.165) is 6.92 Å². The first kappa shape index (κ1) is 13.4. The molecule has 0 rings (SSSR count). The molecule has 0 aromatic heterocycles. The van der Waals surface area contributed by atoms with Gasteiger partial charge in [-0.2, -0.15) is 13.2 Å². The van der Waals surface area contributed by atoms with Crippen molar-refractivity contribution >= 4 is 5.78 Å². The molecule has 0 bridgehead atoms. The second-order valence-corrected chi connectivity index (χ2v) is 3.05. The lowest BCUT2D eigenvalue weighted by Crippen LogP contribution is -2.28. The summed E-state index contributed by atoms with van der Waals surface area (Å²) in [5, 5.41) is 0. The van der Waals surface area contributed by atoms with Crippen LogP contribution in [-0.4, -0.2) is 24.7 Å². The van der Waals surface area contributed by atoms with E-state index in [1.165, 1.54) is 0 Å². The largest absolute Gasteiger partial charge is 0.414 e. The number of ether oxygens (including phenoxy) is 1. The molecule has 0 aliphatic heterocycles. The highest BCUT2D eigenvalue weighted by atomic mass is 19.4. The maximum Gasteiger partial charge on any atom is 0.414 e. The molecule has 0 fully saturated rings. The molecule has 14 heavy (non-hydrogen) atoms. The fraction of sp³-hybridized carbons (Fsp3) is 0.889. The van der Waals surface area contributed by atoms with E-state index in [-0.39, 0.29) is 12.4 Å². The van der Waals surface area contributed by atoms with Gasteiger partial charge in [0.25, 0.3) is 0 Å². The number of alkyl halides is 3. The SMILES string of the molecule is CCC(=O)CCCOC(C)C(F)(F)F. The third-order valence-corrected chi connectivity index (χ3v) is 1.82. The molecule has 0 aromatic rings. The minimum absolute atomic E-state index is 0.0214. The number of hydrogen-bond donors (Lipinski definition) is 0. The summed E-state index contributed by atoms with van der Waals surface area (Å²) in [5.74, 6) is 0.0493. The maximum atomic E-state index is 11.9. The lowest BCUT2D eigenvalue weighted by molar-refractivity contribution is -0.214. The number of halogens is 3. The monoisotopic (exact) mass is 212 g/mol. The van der Waals surface area contributed by atoms with Crippen molar-refractivity contribution < 1.29 is 22.7 Å². The van der Waals surface area contributed by atoms with Crippen molar-refractivity contribution in [1.82, 2.24) is 0 Å². The van der Waals surface area contributed by atoms with Crippen LogP contribution in [0.3, 0.4) is 0 Å². The zero-order chi connectivity index (χ0) is 11.2. The molecule has 0 amide bonds. The molecule has 0 radical (unpaired) electrons. The first-order valence-electron chi connectivity index (χ1n) is 4.58. The normalized spacial score (nSPS) is 14.1. The molecular weight excluding hydrogens is 197 g/mol. The van der Waals surface area contributed by atoms with Gasteiger partial charge in [-0.25, -0.2) is 0 Å². The van der Waals surface area contributed by atoms with Gasteiger partial charge in [0.1, 0.15) is 5.78 Å². The molecule has 0 heterocycles. The number of ketones is 1. The van der Waals surface area contributed by atoms with Gasteiger partial charge in [-0.15, -0.1) is 0 Å². The standard InChI is InChI=1S/C9H15F3O2/c1-3-8(13)5-4-6-14-7(2)9(10,11)12/h7H,3-6H2,1-2H3. The molecule has 84 valence electrons. The summed E-state index contributed by atoms with van der Waals surface area (Å²) < 4.78 is 40.3. The predicted octanol–water partition coefficient (Wildman–Crippen LogP) is 2.71. The van der Waals surface area contributed by atoms with Crippen LogP contribution in [0.15, 0.2) is 0 Å². The molecule has 0 N–H and O–H groups in total. The van der Waals surface area contributed by atoms with Crippen LogP contribution < -0.4 is 0 Å². The third kappa shape index (κ3) is 5.96. The summed E-state index contributed by atoms with van der Waals surface area (Å²) in [5.41, 5.74) is 0. The quantitative estimate of drug-likeness (QED) is 0.633. The number of carbonyl (C=O) groups is 1. The van der Waals surface area contributed by atoms with Gasteiger partial charge in [0.2, 0.25) is 0 Å². The highest BCUT2D eigenvalue weighted by Gasteiger charge is 2.36. The Morgan fingerprint density at radius 1 is 1.43 bits per heavy atom. The second kappa shape index (κ2) is 6.01. The van der Waals surface area contributed by atoms with Crippen LogP contribution in [0.2, 0.25) is 0 Å². The van der Waals surface area contributed by atoms with Crippen LogP contribution in [0.25, 0.3) is 0 Å². The van der Waals surface area contributed by atoms with Gasteiger partial charge in [0.05, 0.1) is 0 Å². The van der Waals surface area contributed by atoms with Crippen molar-refractivity contribution in [3.8, 4) is 0 Å². The van der Waals surface area contributed by atoms with Crippen molar-refractivity contribution in [2.45, 2.75) is 45.4 Å². The summed E-state index contributed by atoms with van der Waals surface area (Å²) in [4.78, 5) is 10.8. The Bertz CT molecular complexity index is 177. The van der Waals surface area contributed by atoms with Crippen LogP contribution in [-0.2, 0) is 9.53 Å². The minimum atomic E-state index is -4.31. The summed E-state index contributed by atoms with van der Waals surface area (Å²) in [7, 11) is 0. The van der Waals surface area contributed by atoms with Crippen molar-refractivity contribution in [3.05, 3.63) is 0 Å². The van der Waals surface area contributed by atoms with Crippen molar-refractivity contribution in [2.24, 2.45) is 0 Å². The second-order valence-electron chi connectivity index (χ2n) is 3.05. The van der Waals surface area contributed by atoms with Crippen molar-refractivity contribution in [2.75, 3.05) is 6.61 Å². The first-order chi connectivity index (χ1) is 6.38. The highest BCUT2D eigenvalue weighted by molar-refractivity contribution is 5.77.